The monoisotopic (exact) mass is 309 g/mol. The van der Waals surface area contributed by atoms with Crippen LogP contribution >= 0.6 is 11.8 Å². The minimum atomic E-state index is -0.518. The van der Waals surface area contributed by atoms with Crippen LogP contribution in [0.2, 0.25) is 0 Å². The number of rotatable bonds is 4. The Morgan fingerprint density at radius 1 is 1.38 bits per heavy atom. The maximum atomic E-state index is 12.3. The molecule has 1 aromatic rings. The molecule has 0 radical (unpaired) electrons. The van der Waals surface area contributed by atoms with Crippen LogP contribution in [0, 0.1) is 10.1 Å². The van der Waals surface area contributed by atoms with E-state index in [1.54, 1.807) is 12.1 Å². The molecule has 0 aromatic heterocycles. The van der Waals surface area contributed by atoms with Crippen LogP contribution in [0.15, 0.2) is 23.1 Å². The number of nitrogens with zero attached hydrogens (tertiary/aromatic N) is 1. The van der Waals surface area contributed by atoms with Gasteiger partial charge in [0.05, 0.1) is 4.92 Å². The van der Waals surface area contributed by atoms with Gasteiger partial charge in [-0.3, -0.25) is 14.9 Å². The van der Waals surface area contributed by atoms with Crippen LogP contribution in [0.25, 0.3) is 0 Å². The molecule has 114 valence electrons. The summed E-state index contributed by atoms with van der Waals surface area (Å²) >= 11 is 1.45. The Hall–Kier alpha value is -1.60. The van der Waals surface area contributed by atoms with Crippen molar-refractivity contribution < 1.29 is 9.72 Å². The summed E-state index contributed by atoms with van der Waals surface area (Å²) in [6.45, 7) is 0. The predicted molar refractivity (Wildman–Crippen MR) is 82.6 cm³/mol. The Morgan fingerprint density at radius 3 is 2.62 bits per heavy atom. The van der Waals surface area contributed by atoms with Crippen LogP contribution < -0.4 is 11.1 Å². The van der Waals surface area contributed by atoms with Crippen molar-refractivity contribution in [1.82, 2.24) is 5.32 Å². The Balaban J connectivity index is 2.15. The molecular formula is C14H19N3O3S. The number of hydrogen-bond donors (Lipinski definition) is 2. The number of amides is 1. The van der Waals surface area contributed by atoms with Gasteiger partial charge in [0, 0.05) is 23.0 Å². The van der Waals surface area contributed by atoms with Crippen molar-refractivity contribution in [2.45, 2.75) is 42.7 Å². The van der Waals surface area contributed by atoms with Gasteiger partial charge in [-0.2, -0.15) is 0 Å². The highest BCUT2D eigenvalue weighted by atomic mass is 32.2. The predicted octanol–water partition coefficient (Wildman–Crippen LogP) is 2.32. The highest BCUT2D eigenvalue weighted by molar-refractivity contribution is 7.98. The molecule has 1 aromatic carbocycles. The molecule has 0 atom stereocenters. The molecular weight excluding hydrogens is 290 g/mol. The fraction of sp³-hybridized carbons (Fsp3) is 0.500. The second-order valence-corrected chi connectivity index (χ2v) is 6.11. The first-order valence-corrected chi connectivity index (χ1v) is 8.12. The van der Waals surface area contributed by atoms with Crippen molar-refractivity contribution in [3.8, 4) is 0 Å². The highest BCUT2D eigenvalue weighted by Gasteiger charge is 2.25. The van der Waals surface area contributed by atoms with E-state index in [4.69, 9.17) is 5.73 Å². The van der Waals surface area contributed by atoms with Gasteiger partial charge in [0.15, 0.2) is 0 Å². The van der Waals surface area contributed by atoms with Gasteiger partial charge in [-0.25, -0.2) is 0 Å². The van der Waals surface area contributed by atoms with Crippen LogP contribution in [0.1, 0.15) is 36.0 Å². The summed E-state index contributed by atoms with van der Waals surface area (Å²) in [5.74, 6) is -0.377. The summed E-state index contributed by atoms with van der Waals surface area (Å²) in [6.07, 6.45) is 5.26. The van der Waals surface area contributed by atoms with E-state index in [0.717, 1.165) is 30.6 Å². The van der Waals surface area contributed by atoms with Crippen molar-refractivity contribution in [3.63, 3.8) is 0 Å². The van der Waals surface area contributed by atoms with Gasteiger partial charge in [0.2, 0.25) is 0 Å². The maximum Gasteiger partial charge on any atom is 0.282 e. The first kappa shape index (κ1) is 15.8. The summed E-state index contributed by atoms with van der Waals surface area (Å²) in [5, 5.41) is 14.0. The molecule has 7 heteroatoms. The lowest BCUT2D eigenvalue weighted by Crippen LogP contribution is -2.40. The van der Waals surface area contributed by atoms with Crippen LogP contribution in [0.4, 0.5) is 5.69 Å². The Kier molecular flexibility index (Phi) is 5.19. The molecule has 0 spiro atoms. The number of nitro groups is 1. The van der Waals surface area contributed by atoms with E-state index in [-0.39, 0.29) is 29.2 Å². The zero-order valence-corrected chi connectivity index (χ0v) is 12.7. The zero-order valence-electron chi connectivity index (χ0n) is 11.9. The average molecular weight is 309 g/mol. The minimum Gasteiger partial charge on any atom is -0.349 e. The van der Waals surface area contributed by atoms with Crippen molar-refractivity contribution in [2.24, 2.45) is 5.73 Å². The Morgan fingerprint density at radius 2 is 2.05 bits per heavy atom. The lowest BCUT2D eigenvalue weighted by molar-refractivity contribution is -0.385. The Bertz CT molecular complexity index is 542. The molecule has 6 nitrogen and oxygen atoms in total. The molecule has 0 unspecified atom stereocenters. The maximum absolute atomic E-state index is 12.3. The van der Waals surface area contributed by atoms with E-state index in [9.17, 15) is 14.9 Å². The van der Waals surface area contributed by atoms with Gasteiger partial charge in [0.25, 0.3) is 11.6 Å². The average Bonchev–Trinajstić information content (AvgIpc) is 2.48. The molecule has 0 saturated heterocycles. The molecule has 0 heterocycles. The summed E-state index contributed by atoms with van der Waals surface area (Å²) in [4.78, 5) is 23.7. The standard InChI is InChI=1S/C14H19N3O3S/c1-21-11-6-7-13(17(19)20)12(8-11)14(18)16-10-4-2-9(15)3-5-10/h6-10H,2-5,15H2,1H3,(H,16,18). The normalized spacial score (nSPS) is 21.8. The molecule has 21 heavy (non-hydrogen) atoms. The second kappa shape index (κ2) is 6.91. The minimum absolute atomic E-state index is 0.0508. The third kappa shape index (κ3) is 3.95. The largest absolute Gasteiger partial charge is 0.349 e. The molecule has 1 aliphatic rings. The molecule has 3 N–H and O–H groups in total. The molecule has 1 aliphatic carbocycles. The smallest absolute Gasteiger partial charge is 0.282 e. The van der Waals surface area contributed by atoms with Crippen molar-refractivity contribution in [3.05, 3.63) is 33.9 Å². The van der Waals surface area contributed by atoms with Crippen LogP contribution in [-0.4, -0.2) is 29.2 Å². The number of carbonyl (C=O) groups excluding carboxylic acids is 1. The fourth-order valence-corrected chi connectivity index (χ4v) is 2.95. The highest BCUT2D eigenvalue weighted by Crippen LogP contribution is 2.25. The van der Waals surface area contributed by atoms with Gasteiger partial charge < -0.3 is 11.1 Å². The third-order valence-electron chi connectivity index (χ3n) is 3.75. The number of benzene rings is 1. The Labute approximate surface area is 127 Å². The lowest BCUT2D eigenvalue weighted by Gasteiger charge is -2.26. The molecule has 2 rings (SSSR count). The second-order valence-electron chi connectivity index (χ2n) is 5.23. The van der Waals surface area contributed by atoms with Gasteiger partial charge >= 0.3 is 0 Å². The molecule has 0 bridgehead atoms. The zero-order chi connectivity index (χ0) is 15.4. The van der Waals surface area contributed by atoms with Gasteiger partial charge in [-0.05, 0) is 44.1 Å². The van der Waals surface area contributed by atoms with Crippen molar-refractivity contribution in [2.75, 3.05) is 6.26 Å². The first-order chi connectivity index (χ1) is 10.0. The quantitative estimate of drug-likeness (QED) is 0.505. The van der Waals surface area contributed by atoms with Crippen LogP contribution in [-0.2, 0) is 0 Å². The SMILES string of the molecule is CSc1ccc([N+](=O)[O-])c(C(=O)NC2CCC(N)CC2)c1. The van der Waals surface area contributed by atoms with Gasteiger partial charge in [-0.1, -0.05) is 0 Å². The molecule has 1 saturated carbocycles. The van der Waals surface area contributed by atoms with E-state index < -0.39 is 4.92 Å². The summed E-state index contributed by atoms with van der Waals surface area (Å²) in [7, 11) is 0. The summed E-state index contributed by atoms with van der Waals surface area (Å²) in [6, 6.07) is 4.87. The fourth-order valence-electron chi connectivity index (χ4n) is 2.51. The van der Waals surface area contributed by atoms with E-state index >= 15 is 0 Å². The topological polar surface area (TPSA) is 98.3 Å². The summed E-state index contributed by atoms with van der Waals surface area (Å²) < 4.78 is 0. The number of thioether (sulfide) groups is 1. The number of nitrogens with one attached hydrogen (secondary N) is 1. The van der Waals surface area contributed by atoms with E-state index in [1.807, 2.05) is 6.26 Å². The van der Waals surface area contributed by atoms with Crippen LogP contribution in [0.5, 0.6) is 0 Å². The first-order valence-electron chi connectivity index (χ1n) is 6.90. The van der Waals surface area contributed by atoms with Crippen LogP contribution in [0.3, 0.4) is 0 Å². The lowest BCUT2D eigenvalue weighted by atomic mass is 9.91. The van der Waals surface area contributed by atoms with Gasteiger partial charge in [-0.15, -0.1) is 11.8 Å². The number of hydrogen-bond acceptors (Lipinski definition) is 5. The van der Waals surface area contributed by atoms with Gasteiger partial charge in [0.1, 0.15) is 5.56 Å². The van der Waals surface area contributed by atoms with E-state index in [1.165, 1.54) is 17.8 Å². The number of nitro benzene ring substituents is 1. The third-order valence-corrected chi connectivity index (χ3v) is 4.48. The van der Waals surface area contributed by atoms with Crippen molar-refractivity contribution >= 4 is 23.4 Å². The number of carbonyl (C=O) groups is 1. The number of nitrogens with two attached hydrogens (primary N) is 1. The molecule has 0 aliphatic heterocycles. The van der Waals surface area contributed by atoms with E-state index in [2.05, 4.69) is 5.32 Å². The summed E-state index contributed by atoms with van der Waals surface area (Å²) in [5.41, 5.74) is 5.81. The molecule has 1 fully saturated rings. The molecule has 1 amide bonds. The van der Waals surface area contributed by atoms with E-state index in [0.29, 0.717) is 0 Å². The van der Waals surface area contributed by atoms with Crippen molar-refractivity contribution in [1.29, 1.82) is 0 Å².